The Morgan fingerprint density at radius 2 is 1.95 bits per heavy atom. The van der Waals surface area contributed by atoms with E-state index in [2.05, 4.69) is 4.99 Å². The molecule has 2 rings (SSSR count). The zero-order valence-corrected chi connectivity index (χ0v) is 12.1. The molecular formula is C16H14NO5-. The number of aliphatic imine (C=N–C) groups is 1. The highest BCUT2D eigenvalue weighted by atomic mass is 16.5. The van der Waals surface area contributed by atoms with Gasteiger partial charge in [0.1, 0.15) is 17.2 Å². The summed E-state index contributed by atoms with van der Waals surface area (Å²) in [6.07, 6.45) is 1.31. The number of hydrogen-bond acceptors (Lipinski definition) is 5. The van der Waals surface area contributed by atoms with Crippen molar-refractivity contribution in [3.05, 3.63) is 47.5 Å². The fourth-order valence-electron chi connectivity index (χ4n) is 1.82. The molecule has 0 unspecified atom stereocenters. The highest BCUT2D eigenvalue weighted by Crippen LogP contribution is 2.31. The molecule has 0 amide bonds. The van der Waals surface area contributed by atoms with Gasteiger partial charge in [0.25, 0.3) is 0 Å². The van der Waals surface area contributed by atoms with Crippen LogP contribution in [-0.2, 0) is 0 Å². The number of carbonyl (C=O) groups is 1. The Balaban J connectivity index is 2.40. The standard InChI is InChI=1S/C16H15NO5/c1-21-12-4-6-15(22-2)13(8-12)17-9-11-7-10(16(19)20)3-5-14(11)18/h3-9,18H,1-2H3,(H,19,20)/p-1. The molecule has 0 aliphatic heterocycles. The fourth-order valence-corrected chi connectivity index (χ4v) is 1.82. The quantitative estimate of drug-likeness (QED) is 0.855. The second kappa shape index (κ2) is 6.62. The lowest BCUT2D eigenvalue weighted by Gasteiger charge is -2.11. The summed E-state index contributed by atoms with van der Waals surface area (Å²) in [5, 5.41) is 20.7. The number of nitrogens with zero attached hydrogens (tertiary/aromatic N) is 1. The van der Waals surface area contributed by atoms with Crippen LogP contribution in [0.3, 0.4) is 0 Å². The van der Waals surface area contributed by atoms with Crippen molar-refractivity contribution >= 4 is 17.9 Å². The van der Waals surface area contributed by atoms with Crippen LogP contribution in [0.2, 0.25) is 0 Å². The van der Waals surface area contributed by atoms with Gasteiger partial charge in [0, 0.05) is 12.3 Å². The van der Waals surface area contributed by atoms with Crippen molar-refractivity contribution in [3.63, 3.8) is 0 Å². The van der Waals surface area contributed by atoms with Gasteiger partial charge in [0.05, 0.1) is 19.8 Å². The molecule has 1 N–H and O–H groups in total. The Morgan fingerprint density at radius 1 is 1.18 bits per heavy atom. The maximum Gasteiger partial charge on any atom is 0.335 e. The SMILES string of the molecule is COc1ccc(OC)c(N=Cc2cc(C(=O)O)ccc2[O-])c1. The molecule has 6 heteroatoms. The molecule has 0 atom stereocenters. The summed E-state index contributed by atoms with van der Waals surface area (Å²) < 4.78 is 10.3. The van der Waals surface area contributed by atoms with E-state index in [0.717, 1.165) is 0 Å². The summed E-state index contributed by atoms with van der Waals surface area (Å²) in [5.74, 6) is -0.308. The maximum absolute atomic E-state index is 11.8. The van der Waals surface area contributed by atoms with E-state index in [1.807, 2.05) is 0 Å². The Morgan fingerprint density at radius 3 is 2.59 bits per heavy atom. The number of methoxy groups -OCH3 is 2. The number of hydrogen-bond donors (Lipinski definition) is 1. The number of aromatic carboxylic acids is 1. The van der Waals surface area contributed by atoms with Crippen LogP contribution in [0.25, 0.3) is 0 Å². The van der Waals surface area contributed by atoms with Crippen molar-refractivity contribution in [3.8, 4) is 17.2 Å². The number of carboxylic acids is 1. The summed E-state index contributed by atoms with van der Waals surface area (Å²) in [4.78, 5) is 15.1. The van der Waals surface area contributed by atoms with E-state index in [1.54, 1.807) is 18.2 Å². The first-order valence-electron chi connectivity index (χ1n) is 6.35. The molecule has 0 aromatic heterocycles. The van der Waals surface area contributed by atoms with Crippen molar-refractivity contribution in [1.29, 1.82) is 0 Å². The van der Waals surface area contributed by atoms with Gasteiger partial charge in [-0.15, -0.1) is 5.75 Å². The van der Waals surface area contributed by atoms with Crippen molar-refractivity contribution in [2.24, 2.45) is 4.99 Å². The van der Waals surface area contributed by atoms with Crippen molar-refractivity contribution in [1.82, 2.24) is 0 Å². The van der Waals surface area contributed by atoms with Crippen LogP contribution >= 0.6 is 0 Å². The molecule has 114 valence electrons. The summed E-state index contributed by atoms with van der Waals surface area (Å²) >= 11 is 0. The van der Waals surface area contributed by atoms with E-state index in [4.69, 9.17) is 14.6 Å². The molecule has 0 saturated heterocycles. The van der Waals surface area contributed by atoms with Crippen LogP contribution < -0.4 is 14.6 Å². The molecule has 0 fully saturated rings. The zero-order valence-electron chi connectivity index (χ0n) is 12.1. The predicted molar refractivity (Wildman–Crippen MR) is 79.6 cm³/mol. The van der Waals surface area contributed by atoms with Crippen LogP contribution in [0.4, 0.5) is 5.69 Å². The Bertz CT molecular complexity index is 724. The Hall–Kier alpha value is -3.02. The van der Waals surface area contributed by atoms with Crippen LogP contribution in [0.1, 0.15) is 15.9 Å². The lowest BCUT2D eigenvalue weighted by molar-refractivity contribution is -0.268. The minimum atomic E-state index is -1.10. The van der Waals surface area contributed by atoms with Crippen LogP contribution in [-0.4, -0.2) is 31.5 Å². The van der Waals surface area contributed by atoms with Gasteiger partial charge in [0.15, 0.2) is 0 Å². The predicted octanol–water partition coefficient (Wildman–Crippen LogP) is 2.23. The van der Waals surface area contributed by atoms with Gasteiger partial charge >= 0.3 is 5.97 Å². The van der Waals surface area contributed by atoms with Crippen molar-refractivity contribution in [2.75, 3.05) is 14.2 Å². The minimum Gasteiger partial charge on any atom is -0.872 e. The van der Waals surface area contributed by atoms with Crippen molar-refractivity contribution in [2.45, 2.75) is 0 Å². The number of carboxylic acid groups (broad SMARTS) is 1. The summed E-state index contributed by atoms with van der Waals surface area (Å²) in [6.45, 7) is 0. The van der Waals surface area contributed by atoms with Gasteiger partial charge in [-0.3, -0.25) is 4.99 Å². The fraction of sp³-hybridized carbons (Fsp3) is 0.125. The molecule has 6 nitrogen and oxygen atoms in total. The first kappa shape index (κ1) is 15.4. The second-order valence-corrected chi connectivity index (χ2v) is 4.35. The second-order valence-electron chi connectivity index (χ2n) is 4.35. The van der Waals surface area contributed by atoms with Crippen molar-refractivity contribution < 1.29 is 24.5 Å². The lowest BCUT2D eigenvalue weighted by Crippen LogP contribution is -2.01. The average molecular weight is 300 g/mol. The zero-order chi connectivity index (χ0) is 16.1. The van der Waals surface area contributed by atoms with Crippen LogP contribution in [0, 0.1) is 0 Å². The normalized spacial score (nSPS) is 10.6. The van der Waals surface area contributed by atoms with E-state index >= 15 is 0 Å². The lowest BCUT2D eigenvalue weighted by atomic mass is 10.1. The number of benzene rings is 2. The van der Waals surface area contributed by atoms with Gasteiger partial charge < -0.3 is 19.7 Å². The minimum absolute atomic E-state index is 0.0265. The van der Waals surface area contributed by atoms with E-state index in [0.29, 0.717) is 17.2 Å². The third kappa shape index (κ3) is 3.35. The number of rotatable bonds is 5. The first-order chi connectivity index (χ1) is 10.5. The van der Waals surface area contributed by atoms with Crippen LogP contribution in [0.15, 0.2) is 41.4 Å². The summed E-state index contributed by atoms with van der Waals surface area (Å²) in [5.41, 5.74) is 0.686. The van der Waals surface area contributed by atoms with Gasteiger partial charge in [-0.25, -0.2) is 4.79 Å². The van der Waals surface area contributed by atoms with Gasteiger partial charge in [-0.05, 0) is 29.8 Å². The third-order valence-corrected chi connectivity index (χ3v) is 2.99. The molecule has 0 spiro atoms. The topological polar surface area (TPSA) is 91.2 Å². The van der Waals surface area contributed by atoms with Crippen LogP contribution in [0.5, 0.6) is 17.2 Å². The largest absolute Gasteiger partial charge is 0.872 e. The highest BCUT2D eigenvalue weighted by Gasteiger charge is 2.05. The van der Waals surface area contributed by atoms with Gasteiger partial charge in [-0.2, -0.15) is 0 Å². The number of ether oxygens (including phenoxy) is 2. The molecule has 0 heterocycles. The molecule has 0 aliphatic rings. The highest BCUT2D eigenvalue weighted by molar-refractivity contribution is 5.93. The van der Waals surface area contributed by atoms with E-state index in [-0.39, 0.29) is 16.9 Å². The summed E-state index contributed by atoms with van der Waals surface area (Å²) in [7, 11) is 3.03. The van der Waals surface area contributed by atoms with E-state index in [1.165, 1.54) is 38.6 Å². The first-order valence-corrected chi connectivity index (χ1v) is 6.35. The Kier molecular flexibility index (Phi) is 4.63. The van der Waals surface area contributed by atoms with E-state index < -0.39 is 5.97 Å². The average Bonchev–Trinajstić information content (AvgIpc) is 2.53. The Labute approximate surface area is 127 Å². The van der Waals surface area contributed by atoms with E-state index in [9.17, 15) is 9.90 Å². The van der Waals surface area contributed by atoms with Gasteiger partial charge in [0.2, 0.25) is 0 Å². The molecular weight excluding hydrogens is 286 g/mol. The monoisotopic (exact) mass is 300 g/mol. The molecule has 0 bridgehead atoms. The molecule has 22 heavy (non-hydrogen) atoms. The molecule has 0 radical (unpaired) electrons. The smallest absolute Gasteiger partial charge is 0.335 e. The molecule has 2 aromatic rings. The van der Waals surface area contributed by atoms with Gasteiger partial charge in [-0.1, -0.05) is 6.07 Å². The summed E-state index contributed by atoms with van der Waals surface area (Å²) in [6, 6.07) is 8.81. The third-order valence-electron chi connectivity index (χ3n) is 2.99. The molecule has 0 saturated carbocycles. The maximum atomic E-state index is 11.8. The molecule has 0 aliphatic carbocycles. The molecule has 2 aromatic carbocycles.